The predicted molar refractivity (Wildman–Crippen MR) is 246 cm³/mol. The van der Waals surface area contributed by atoms with Gasteiger partial charge in [0.05, 0.1) is 16.7 Å². The van der Waals surface area contributed by atoms with E-state index in [1.165, 1.54) is 43.8 Å². The summed E-state index contributed by atoms with van der Waals surface area (Å²) in [5.74, 6) is 1.84. The first kappa shape index (κ1) is 33.1. The van der Waals surface area contributed by atoms with Crippen molar-refractivity contribution in [3.8, 4) is 51.0 Å². The van der Waals surface area contributed by atoms with Crippen LogP contribution >= 0.6 is 0 Å². The summed E-state index contributed by atoms with van der Waals surface area (Å²) in [4.78, 5) is 16.2. The van der Waals surface area contributed by atoms with Crippen LogP contribution in [0, 0.1) is 0 Å². The van der Waals surface area contributed by atoms with E-state index in [1.54, 1.807) is 0 Å². The third-order valence-electron chi connectivity index (χ3n) is 12.5. The molecular formula is C55H34N4O. The van der Waals surface area contributed by atoms with E-state index in [2.05, 4.69) is 174 Å². The summed E-state index contributed by atoms with van der Waals surface area (Å²) >= 11 is 0. The molecule has 9 aromatic carbocycles. The van der Waals surface area contributed by atoms with Crippen LogP contribution < -0.4 is 0 Å². The average Bonchev–Trinajstić information content (AvgIpc) is 3.84. The van der Waals surface area contributed by atoms with Gasteiger partial charge in [0, 0.05) is 38.2 Å². The normalized spacial score (nSPS) is 12.5. The second kappa shape index (κ2) is 12.8. The van der Waals surface area contributed by atoms with Crippen LogP contribution in [0.4, 0.5) is 0 Å². The largest absolute Gasteiger partial charge is 0.456 e. The molecule has 0 spiro atoms. The summed E-state index contributed by atoms with van der Waals surface area (Å²) in [6.45, 7) is 0. The van der Waals surface area contributed by atoms with Crippen LogP contribution in [0.1, 0.15) is 11.1 Å². The second-order valence-electron chi connectivity index (χ2n) is 15.9. The molecule has 280 valence electrons. The Morgan fingerprint density at radius 2 is 1.02 bits per heavy atom. The molecule has 3 aromatic heterocycles. The van der Waals surface area contributed by atoms with Crippen molar-refractivity contribution < 1.29 is 4.42 Å². The van der Waals surface area contributed by atoms with Crippen molar-refractivity contribution in [1.82, 2.24) is 19.5 Å². The van der Waals surface area contributed by atoms with Crippen LogP contribution in [0.15, 0.2) is 186 Å². The molecule has 3 heterocycles. The lowest BCUT2D eigenvalue weighted by Crippen LogP contribution is -2.06. The van der Waals surface area contributed by atoms with Gasteiger partial charge in [-0.25, -0.2) is 15.0 Å². The number of furan rings is 1. The van der Waals surface area contributed by atoms with Gasteiger partial charge in [-0.3, -0.25) is 0 Å². The Kier molecular flexibility index (Phi) is 7.07. The second-order valence-corrected chi connectivity index (χ2v) is 15.9. The SMILES string of the molecule is c1ccc2c(c1)CCc1cc(-c3nc(-c4cc5oc6ccccc6c5cc4-n4c5ccccc5c5cc6ccccc6cc54)nc(-c4cccc5ccccc45)n3)ccc1-2. The topological polar surface area (TPSA) is 56.7 Å². The Morgan fingerprint density at radius 1 is 0.367 bits per heavy atom. The maximum Gasteiger partial charge on any atom is 0.166 e. The van der Waals surface area contributed by atoms with Crippen LogP contribution in [-0.2, 0) is 12.8 Å². The fourth-order valence-corrected chi connectivity index (χ4v) is 9.68. The number of aromatic nitrogens is 4. The predicted octanol–water partition coefficient (Wildman–Crippen LogP) is 13.9. The van der Waals surface area contributed by atoms with Gasteiger partial charge in [0.2, 0.25) is 0 Å². The van der Waals surface area contributed by atoms with E-state index in [9.17, 15) is 0 Å². The molecule has 0 aliphatic heterocycles. The van der Waals surface area contributed by atoms with Gasteiger partial charge in [-0.2, -0.15) is 0 Å². The van der Waals surface area contributed by atoms with Crippen molar-refractivity contribution in [1.29, 1.82) is 0 Å². The summed E-state index contributed by atoms with van der Waals surface area (Å²) in [7, 11) is 0. The Morgan fingerprint density at radius 3 is 1.92 bits per heavy atom. The van der Waals surface area contributed by atoms with Crippen molar-refractivity contribution >= 4 is 65.3 Å². The molecule has 0 bridgehead atoms. The number of nitrogens with zero attached hydrogens (tertiary/aromatic N) is 4. The molecule has 1 aliphatic carbocycles. The van der Waals surface area contributed by atoms with E-state index >= 15 is 0 Å². The Hall–Kier alpha value is -7.89. The third-order valence-corrected chi connectivity index (χ3v) is 12.5. The fraction of sp³-hybridized carbons (Fsp3) is 0.0364. The average molecular weight is 767 g/mol. The third kappa shape index (κ3) is 5.02. The zero-order chi connectivity index (χ0) is 39.3. The standard InChI is InChI=1S/C55H34N4O/c1-2-15-36-30-49-45(29-35(36)14-1)42-19-7-9-22-48(42)59(49)50-31-46-43-20-8-10-23-51(43)60-52(46)32-47(50)55-57-53(56-54(58-55)44-21-11-16-33-12-3-6-18-40(33)44)38-26-27-41-37(28-38)25-24-34-13-4-5-17-39(34)41/h1-23,26-32H,24-25H2. The quantitative estimate of drug-likeness (QED) is 0.179. The van der Waals surface area contributed by atoms with Crippen LogP contribution in [-0.4, -0.2) is 19.5 Å². The molecule has 0 saturated heterocycles. The minimum Gasteiger partial charge on any atom is -0.456 e. The summed E-state index contributed by atoms with van der Waals surface area (Å²) < 4.78 is 9.01. The lowest BCUT2D eigenvalue weighted by atomic mass is 9.85. The minimum absolute atomic E-state index is 0.579. The van der Waals surface area contributed by atoms with Crippen LogP contribution in [0.5, 0.6) is 0 Å². The van der Waals surface area contributed by atoms with E-state index in [0.29, 0.717) is 17.5 Å². The lowest BCUT2D eigenvalue weighted by molar-refractivity contribution is 0.669. The van der Waals surface area contributed by atoms with E-state index in [0.717, 1.165) is 79.0 Å². The Bertz CT molecular complexity index is 3740. The molecule has 5 nitrogen and oxygen atoms in total. The lowest BCUT2D eigenvalue weighted by Gasteiger charge is -2.20. The van der Waals surface area contributed by atoms with Crippen LogP contribution in [0.25, 0.3) is 116 Å². The van der Waals surface area contributed by atoms with Gasteiger partial charge in [-0.15, -0.1) is 0 Å². The molecule has 0 fully saturated rings. The first-order chi connectivity index (χ1) is 29.7. The molecule has 0 unspecified atom stereocenters. The first-order valence-corrected chi connectivity index (χ1v) is 20.6. The summed E-state index contributed by atoms with van der Waals surface area (Å²) in [5.41, 5.74) is 12.9. The van der Waals surface area contributed by atoms with Gasteiger partial charge in [-0.1, -0.05) is 140 Å². The Balaban J connectivity index is 1.13. The highest BCUT2D eigenvalue weighted by atomic mass is 16.3. The number of aryl methyl sites for hydroxylation is 2. The zero-order valence-electron chi connectivity index (χ0n) is 32.4. The number of benzene rings is 9. The first-order valence-electron chi connectivity index (χ1n) is 20.6. The maximum atomic E-state index is 6.62. The van der Waals surface area contributed by atoms with Crippen molar-refractivity contribution in [3.05, 3.63) is 193 Å². The van der Waals surface area contributed by atoms with Crippen molar-refractivity contribution in [2.45, 2.75) is 12.8 Å². The van der Waals surface area contributed by atoms with E-state index in [1.807, 2.05) is 12.1 Å². The van der Waals surface area contributed by atoms with Crippen molar-refractivity contribution in [2.75, 3.05) is 0 Å². The number of hydrogen-bond donors (Lipinski definition) is 0. The Labute approximate surface area is 344 Å². The molecule has 12 aromatic rings. The highest BCUT2D eigenvalue weighted by molar-refractivity contribution is 6.15. The minimum atomic E-state index is 0.579. The van der Waals surface area contributed by atoms with E-state index < -0.39 is 0 Å². The molecular weight excluding hydrogens is 733 g/mol. The van der Waals surface area contributed by atoms with Crippen LogP contribution in [0.2, 0.25) is 0 Å². The number of rotatable bonds is 4. The molecule has 0 atom stereocenters. The van der Waals surface area contributed by atoms with E-state index in [-0.39, 0.29) is 0 Å². The van der Waals surface area contributed by atoms with Gasteiger partial charge < -0.3 is 8.98 Å². The monoisotopic (exact) mass is 766 g/mol. The van der Waals surface area contributed by atoms with Gasteiger partial charge in [0.25, 0.3) is 0 Å². The summed E-state index contributed by atoms with van der Waals surface area (Å²) in [6.07, 6.45) is 1.97. The highest BCUT2D eigenvalue weighted by Crippen LogP contribution is 2.42. The smallest absolute Gasteiger partial charge is 0.166 e. The number of fused-ring (bicyclic) bond motifs is 11. The zero-order valence-corrected chi connectivity index (χ0v) is 32.4. The number of hydrogen-bond acceptors (Lipinski definition) is 4. The van der Waals surface area contributed by atoms with Crippen molar-refractivity contribution in [3.63, 3.8) is 0 Å². The highest BCUT2D eigenvalue weighted by Gasteiger charge is 2.24. The van der Waals surface area contributed by atoms with Gasteiger partial charge in [0.1, 0.15) is 11.2 Å². The molecule has 60 heavy (non-hydrogen) atoms. The van der Waals surface area contributed by atoms with Crippen LogP contribution in [0.3, 0.4) is 0 Å². The van der Waals surface area contributed by atoms with Crippen molar-refractivity contribution in [2.24, 2.45) is 0 Å². The maximum absolute atomic E-state index is 6.62. The molecule has 1 aliphatic rings. The molecule has 5 heteroatoms. The summed E-state index contributed by atoms with van der Waals surface area (Å²) in [6, 6.07) is 64.9. The fourth-order valence-electron chi connectivity index (χ4n) is 9.68. The molecule has 0 saturated carbocycles. The number of para-hydroxylation sites is 2. The molecule has 0 amide bonds. The van der Waals surface area contributed by atoms with E-state index in [4.69, 9.17) is 19.4 Å². The molecule has 0 N–H and O–H groups in total. The van der Waals surface area contributed by atoms with Gasteiger partial charge >= 0.3 is 0 Å². The van der Waals surface area contributed by atoms with Gasteiger partial charge in [0.15, 0.2) is 17.5 Å². The molecule has 13 rings (SSSR count). The van der Waals surface area contributed by atoms with Gasteiger partial charge in [-0.05, 0) is 99.1 Å². The molecule has 0 radical (unpaired) electrons. The summed E-state index contributed by atoms with van der Waals surface area (Å²) in [5, 5.41) is 9.09.